The number of nitrogens with zero attached hydrogens (tertiary/aromatic N) is 6. The molecule has 180 valence electrons. The number of aliphatic carboxylic acids is 1. The monoisotopic (exact) mass is 480 g/mol. The topological polar surface area (TPSA) is 142 Å². The van der Waals surface area contributed by atoms with Gasteiger partial charge in [-0.05, 0) is 25.0 Å². The van der Waals surface area contributed by atoms with Gasteiger partial charge in [-0.2, -0.15) is 13.2 Å². The highest BCUT2D eigenvalue weighted by atomic mass is 19.4. The normalized spacial score (nSPS) is 17.8. The lowest BCUT2D eigenvalue weighted by Gasteiger charge is -2.15. The number of halogens is 3. The number of β-amino-alcohol motifs (C(OH)–C–C–N with tert-alkyl or cyclic N) is 1. The summed E-state index contributed by atoms with van der Waals surface area (Å²) >= 11 is 0. The molecule has 0 spiro atoms. The number of rotatable bonds is 8. The highest BCUT2D eigenvalue weighted by Crippen LogP contribution is 2.41. The van der Waals surface area contributed by atoms with Gasteiger partial charge in [-0.1, -0.05) is 0 Å². The number of aliphatic hydroxyl groups is 1. The largest absolute Gasteiger partial charge is 0.481 e. The fraction of sp³-hybridized carbons (Fsp3) is 0.400. The first-order chi connectivity index (χ1) is 16.1. The summed E-state index contributed by atoms with van der Waals surface area (Å²) in [5.74, 6) is -2.08. The van der Waals surface area contributed by atoms with E-state index >= 15 is 0 Å². The van der Waals surface area contributed by atoms with E-state index in [9.17, 15) is 32.7 Å². The molecule has 14 heteroatoms. The van der Waals surface area contributed by atoms with E-state index in [0.29, 0.717) is 5.69 Å². The zero-order valence-electron chi connectivity index (χ0n) is 17.6. The Morgan fingerprint density at radius 2 is 1.91 bits per heavy atom. The van der Waals surface area contributed by atoms with Crippen LogP contribution in [0.3, 0.4) is 0 Å². The maximum Gasteiger partial charge on any atom is 0.433 e. The molecule has 2 aliphatic rings. The average molecular weight is 480 g/mol. The number of carbonyl (C=O) groups excluding carboxylic acids is 2. The Morgan fingerprint density at radius 1 is 1.18 bits per heavy atom. The van der Waals surface area contributed by atoms with Gasteiger partial charge in [0.15, 0.2) is 5.82 Å². The number of carboxylic acids is 1. The van der Waals surface area contributed by atoms with Crippen LogP contribution in [0.15, 0.2) is 24.2 Å². The summed E-state index contributed by atoms with van der Waals surface area (Å²) in [5.41, 5.74) is -0.837. The third-order valence-electron chi connectivity index (χ3n) is 5.24. The standard InChI is InChI=1S/C20H19F3N6O5/c21-20(22,23)15-8-12(7-13(25-15)11-1-2-11)17-24-10-27(26-17)9-14-18(33)29(4-3-16(31)32)19(34)28(14)5-6-30/h7-11,30H,1-6H2,(H,31,32). The molecule has 3 amide bonds. The van der Waals surface area contributed by atoms with Crippen molar-refractivity contribution >= 4 is 24.1 Å². The molecule has 2 aromatic rings. The highest BCUT2D eigenvalue weighted by Gasteiger charge is 2.41. The van der Waals surface area contributed by atoms with E-state index in [0.717, 1.165) is 45.9 Å². The van der Waals surface area contributed by atoms with Crippen LogP contribution in [0.4, 0.5) is 18.0 Å². The summed E-state index contributed by atoms with van der Waals surface area (Å²) in [6.07, 6.45) is -1.32. The molecule has 2 fully saturated rings. The third kappa shape index (κ3) is 4.76. The zero-order chi connectivity index (χ0) is 24.6. The van der Waals surface area contributed by atoms with Crippen molar-refractivity contribution in [2.24, 2.45) is 0 Å². The first-order valence-corrected chi connectivity index (χ1v) is 10.3. The number of aromatic nitrogens is 4. The molecule has 0 unspecified atom stereocenters. The maximum atomic E-state index is 13.3. The Kier molecular flexibility index (Phi) is 6.08. The summed E-state index contributed by atoms with van der Waals surface area (Å²) in [6.45, 7) is -1.06. The number of imide groups is 1. The van der Waals surface area contributed by atoms with Crippen molar-refractivity contribution in [1.82, 2.24) is 29.5 Å². The van der Waals surface area contributed by atoms with Gasteiger partial charge in [0.25, 0.3) is 5.91 Å². The molecule has 1 saturated heterocycles. The minimum absolute atomic E-state index is 0.0418. The molecule has 34 heavy (non-hydrogen) atoms. The maximum absolute atomic E-state index is 13.3. The number of carboxylic acid groups (broad SMARTS) is 1. The van der Waals surface area contributed by atoms with Crippen LogP contribution in [0.5, 0.6) is 0 Å². The molecule has 11 nitrogen and oxygen atoms in total. The fourth-order valence-corrected chi connectivity index (χ4v) is 3.44. The van der Waals surface area contributed by atoms with Crippen molar-refractivity contribution in [3.63, 3.8) is 0 Å². The molecule has 2 aromatic heterocycles. The predicted octanol–water partition coefficient (Wildman–Crippen LogP) is 1.77. The Morgan fingerprint density at radius 3 is 2.53 bits per heavy atom. The predicted molar refractivity (Wildman–Crippen MR) is 108 cm³/mol. The third-order valence-corrected chi connectivity index (χ3v) is 5.24. The molecular weight excluding hydrogens is 461 g/mol. The number of hydrogen-bond donors (Lipinski definition) is 2. The second kappa shape index (κ2) is 8.85. The molecule has 1 aliphatic heterocycles. The number of amides is 3. The van der Waals surface area contributed by atoms with E-state index in [-0.39, 0.29) is 36.1 Å². The van der Waals surface area contributed by atoms with Crippen molar-refractivity contribution in [2.75, 3.05) is 19.7 Å². The average Bonchev–Trinajstić information content (AvgIpc) is 3.48. The number of pyridine rings is 1. The Balaban J connectivity index is 1.65. The van der Waals surface area contributed by atoms with Gasteiger partial charge in [0.2, 0.25) is 0 Å². The summed E-state index contributed by atoms with van der Waals surface area (Å²) in [6, 6.07) is 1.54. The number of hydrogen-bond acceptors (Lipinski definition) is 7. The van der Waals surface area contributed by atoms with Gasteiger partial charge in [0, 0.05) is 23.7 Å². The van der Waals surface area contributed by atoms with E-state index in [1.165, 1.54) is 6.07 Å². The second-order valence-corrected chi connectivity index (χ2v) is 7.76. The van der Waals surface area contributed by atoms with Crippen LogP contribution in [0.1, 0.15) is 36.6 Å². The molecule has 1 aliphatic carbocycles. The van der Waals surface area contributed by atoms with Crippen molar-refractivity contribution in [3.8, 4) is 11.4 Å². The van der Waals surface area contributed by atoms with Crippen LogP contribution < -0.4 is 0 Å². The quantitative estimate of drug-likeness (QED) is 0.430. The lowest BCUT2D eigenvalue weighted by atomic mass is 10.1. The van der Waals surface area contributed by atoms with Crippen LogP contribution in [-0.4, -0.2) is 77.4 Å². The van der Waals surface area contributed by atoms with Gasteiger partial charge in [0.05, 0.1) is 25.8 Å². The van der Waals surface area contributed by atoms with Crippen LogP contribution >= 0.6 is 0 Å². The highest BCUT2D eigenvalue weighted by molar-refractivity contribution is 6.13. The number of alkyl halides is 3. The minimum atomic E-state index is -4.65. The van der Waals surface area contributed by atoms with Crippen LogP contribution in [0.2, 0.25) is 0 Å². The SMILES string of the molecule is O=C(O)CCN1C(=O)C(=Cn2cnc(-c3cc(C4CC4)nc(C(F)(F)F)c3)n2)N(CCO)C1=O. The first-order valence-electron chi connectivity index (χ1n) is 10.3. The van der Waals surface area contributed by atoms with Gasteiger partial charge in [0.1, 0.15) is 17.7 Å². The molecule has 1 saturated carbocycles. The van der Waals surface area contributed by atoms with Crippen LogP contribution in [0.25, 0.3) is 17.6 Å². The van der Waals surface area contributed by atoms with Gasteiger partial charge < -0.3 is 10.2 Å². The molecule has 0 bridgehead atoms. The van der Waals surface area contributed by atoms with Crippen molar-refractivity contribution in [1.29, 1.82) is 0 Å². The van der Waals surface area contributed by atoms with Crippen molar-refractivity contribution in [3.05, 3.63) is 35.5 Å². The van der Waals surface area contributed by atoms with E-state index in [4.69, 9.17) is 5.11 Å². The molecule has 0 atom stereocenters. The van der Waals surface area contributed by atoms with Gasteiger partial charge >= 0.3 is 18.2 Å². The summed E-state index contributed by atoms with van der Waals surface area (Å²) in [4.78, 5) is 45.5. The molecule has 3 heterocycles. The molecular formula is C20H19F3N6O5. The minimum Gasteiger partial charge on any atom is -0.481 e. The lowest BCUT2D eigenvalue weighted by molar-refractivity contribution is -0.141. The first kappa shape index (κ1) is 23.4. The fourth-order valence-electron chi connectivity index (χ4n) is 3.44. The van der Waals surface area contributed by atoms with Gasteiger partial charge in [-0.3, -0.25) is 19.4 Å². The van der Waals surface area contributed by atoms with Crippen molar-refractivity contribution < 1.29 is 37.8 Å². The number of carbonyl (C=O) groups is 3. The van der Waals surface area contributed by atoms with E-state index in [2.05, 4.69) is 15.1 Å². The molecule has 0 aromatic carbocycles. The van der Waals surface area contributed by atoms with E-state index in [1.807, 2.05) is 0 Å². The second-order valence-electron chi connectivity index (χ2n) is 7.76. The van der Waals surface area contributed by atoms with Crippen molar-refractivity contribution in [2.45, 2.75) is 31.4 Å². The van der Waals surface area contributed by atoms with E-state index < -0.39 is 42.8 Å². The number of urea groups is 1. The number of aliphatic hydroxyl groups excluding tert-OH is 1. The van der Waals surface area contributed by atoms with Gasteiger partial charge in [-0.15, -0.1) is 5.10 Å². The Hall–Kier alpha value is -3.81. The summed E-state index contributed by atoms with van der Waals surface area (Å²) in [5, 5.41) is 22.2. The smallest absolute Gasteiger partial charge is 0.433 e. The molecule has 0 radical (unpaired) electrons. The summed E-state index contributed by atoms with van der Waals surface area (Å²) < 4.78 is 41.0. The molecule has 4 rings (SSSR count). The molecule has 2 N–H and O–H groups in total. The Bertz CT molecular complexity index is 1170. The summed E-state index contributed by atoms with van der Waals surface area (Å²) in [7, 11) is 0. The Labute approximate surface area is 190 Å². The van der Waals surface area contributed by atoms with E-state index in [1.54, 1.807) is 0 Å². The van der Waals surface area contributed by atoms with Gasteiger partial charge in [-0.25, -0.2) is 19.4 Å². The zero-order valence-corrected chi connectivity index (χ0v) is 17.6. The lowest BCUT2D eigenvalue weighted by Crippen LogP contribution is -2.35. The van der Waals surface area contributed by atoms with Crippen LogP contribution in [-0.2, 0) is 15.8 Å². The van der Waals surface area contributed by atoms with Crippen LogP contribution in [0, 0.1) is 0 Å².